The number of hydrogen-bond acceptors (Lipinski definition) is 4. The first-order chi connectivity index (χ1) is 9.51. The van der Waals surface area contributed by atoms with Gasteiger partial charge in [0.25, 0.3) is 0 Å². The maximum absolute atomic E-state index is 12.1. The van der Waals surface area contributed by atoms with Crippen molar-refractivity contribution >= 4 is 15.7 Å². The maximum Gasteiger partial charge on any atom is 0.240 e. The van der Waals surface area contributed by atoms with Crippen molar-refractivity contribution < 1.29 is 13.2 Å². The van der Waals surface area contributed by atoms with E-state index in [4.69, 9.17) is 10.5 Å². The van der Waals surface area contributed by atoms with Gasteiger partial charge in [0.2, 0.25) is 10.0 Å². The second-order valence-corrected chi connectivity index (χ2v) is 6.01. The van der Waals surface area contributed by atoms with Gasteiger partial charge in [0, 0.05) is 12.2 Å². The molecular formula is C14H16N2O3S. The van der Waals surface area contributed by atoms with Crippen LogP contribution in [-0.2, 0) is 16.6 Å². The van der Waals surface area contributed by atoms with Crippen molar-refractivity contribution in [1.29, 1.82) is 0 Å². The number of nitrogens with one attached hydrogen (secondary N) is 1. The molecule has 0 radical (unpaired) electrons. The van der Waals surface area contributed by atoms with Gasteiger partial charge in [0.15, 0.2) is 0 Å². The van der Waals surface area contributed by atoms with Gasteiger partial charge in [-0.05, 0) is 35.9 Å². The summed E-state index contributed by atoms with van der Waals surface area (Å²) in [6, 6.07) is 13.4. The average Bonchev–Trinajstić information content (AvgIpc) is 2.46. The smallest absolute Gasteiger partial charge is 0.240 e. The summed E-state index contributed by atoms with van der Waals surface area (Å²) < 4.78 is 31.8. The minimum absolute atomic E-state index is 0.158. The first kappa shape index (κ1) is 14.4. The maximum atomic E-state index is 12.1. The molecule has 0 atom stereocenters. The van der Waals surface area contributed by atoms with E-state index in [-0.39, 0.29) is 11.4 Å². The number of nitrogen functional groups attached to an aromatic ring is 1. The van der Waals surface area contributed by atoms with Crippen LogP contribution in [0.5, 0.6) is 5.75 Å². The molecule has 2 aromatic carbocycles. The SMILES string of the molecule is COc1ccc(CNS(=O)(=O)c2cccc(N)c2)cc1. The van der Waals surface area contributed by atoms with Gasteiger partial charge < -0.3 is 10.5 Å². The lowest BCUT2D eigenvalue weighted by atomic mass is 10.2. The molecule has 0 fully saturated rings. The molecule has 0 aliphatic rings. The van der Waals surface area contributed by atoms with Crippen LogP contribution in [0.15, 0.2) is 53.4 Å². The number of anilines is 1. The number of hydrogen-bond donors (Lipinski definition) is 2. The molecule has 0 saturated heterocycles. The number of nitrogens with two attached hydrogens (primary N) is 1. The lowest BCUT2D eigenvalue weighted by Crippen LogP contribution is -2.23. The molecule has 0 amide bonds. The van der Waals surface area contributed by atoms with E-state index in [0.29, 0.717) is 5.69 Å². The molecule has 0 aliphatic carbocycles. The molecule has 0 heterocycles. The minimum atomic E-state index is -3.56. The molecule has 0 bridgehead atoms. The molecule has 0 aromatic heterocycles. The number of ether oxygens (including phenoxy) is 1. The lowest BCUT2D eigenvalue weighted by molar-refractivity contribution is 0.414. The predicted octanol–water partition coefficient (Wildman–Crippen LogP) is 1.76. The number of sulfonamides is 1. The van der Waals surface area contributed by atoms with E-state index in [1.807, 2.05) is 0 Å². The van der Waals surface area contributed by atoms with Crippen LogP contribution in [0.4, 0.5) is 5.69 Å². The summed E-state index contributed by atoms with van der Waals surface area (Å²) in [4.78, 5) is 0.158. The number of methoxy groups -OCH3 is 1. The largest absolute Gasteiger partial charge is 0.497 e. The predicted molar refractivity (Wildman–Crippen MR) is 77.9 cm³/mol. The van der Waals surface area contributed by atoms with Crippen LogP contribution in [0.1, 0.15) is 5.56 Å². The van der Waals surface area contributed by atoms with Crippen molar-refractivity contribution in [3.05, 3.63) is 54.1 Å². The van der Waals surface area contributed by atoms with Crippen LogP contribution >= 0.6 is 0 Å². The average molecular weight is 292 g/mol. The van der Waals surface area contributed by atoms with E-state index in [0.717, 1.165) is 11.3 Å². The Morgan fingerprint density at radius 2 is 1.85 bits per heavy atom. The lowest BCUT2D eigenvalue weighted by Gasteiger charge is -2.08. The van der Waals surface area contributed by atoms with Gasteiger partial charge in [-0.2, -0.15) is 0 Å². The second kappa shape index (κ2) is 5.94. The standard InChI is InChI=1S/C14H16N2O3S/c1-19-13-7-5-11(6-8-13)10-16-20(17,18)14-4-2-3-12(15)9-14/h2-9,16H,10,15H2,1H3. The Hall–Kier alpha value is -2.05. The van der Waals surface area contributed by atoms with Crippen LogP contribution in [0.25, 0.3) is 0 Å². The van der Waals surface area contributed by atoms with Crippen molar-refractivity contribution in [2.24, 2.45) is 0 Å². The fraction of sp³-hybridized carbons (Fsp3) is 0.143. The van der Waals surface area contributed by atoms with E-state index in [2.05, 4.69) is 4.72 Å². The quantitative estimate of drug-likeness (QED) is 0.823. The van der Waals surface area contributed by atoms with Crippen LogP contribution in [0.3, 0.4) is 0 Å². The highest BCUT2D eigenvalue weighted by molar-refractivity contribution is 7.89. The summed E-state index contributed by atoms with van der Waals surface area (Å²) in [6.45, 7) is 0.209. The fourth-order valence-corrected chi connectivity index (χ4v) is 2.76. The van der Waals surface area contributed by atoms with Gasteiger partial charge in [-0.25, -0.2) is 13.1 Å². The van der Waals surface area contributed by atoms with E-state index >= 15 is 0 Å². The van der Waals surface area contributed by atoms with Crippen LogP contribution < -0.4 is 15.2 Å². The Morgan fingerprint density at radius 3 is 2.45 bits per heavy atom. The Labute approximate surface area is 118 Å². The summed E-state index contributed by atoms with van der Waals surface area (Å²) in [5, 5.41) is 0. The van der Waals surface area contributed by atoms with Gasteiger partial charge in [-0.3, -0.25) is 0 Å². The normalized spacial score (nSPS) is 11.2. The van der Waals surface area contributed by atoms with Crippen LogP contribution in [0, 0.1) is 0 Å². The monoisotopic (exact) mass is 292 g/mol. The third-order valence-corrected chi connectivity index (χ3v) is 4.19. The second-order valence-electron chi connectivity index (χ2n) is 4.25. The summed E-state index contributed by atoms with van der Waals surface area (Å²) in [7, 11) is -1.98. The summed E-state index contributed by atoms with van der Waals surface area (Å²) >= 11 is 0. The third-order valence-electron chi connectivity index (χ3n) is 2.79. The van der Waals surface area contributed by atoms with Gasteiger partial charge >= 0.3 is 0 Å². The third kappa shape index (κ3) is 3.49. The Kier molecular flexibility index (Phi) is 4.26. The van der Waals surface area contributed by atoms with Crippen molar-refractivity contribution in [2.75, 3.05) is 12.8 Å². The zero-order chi connectivity index (χ0) is 14.6. The summed E-state index contributed by atoms with van der Waals surface area (Å²) in [6.07, 6.45) is 0. The number of rotatable bonds is 5. The highest BCUT2D eigenvalue weighted by Gasteiger charge is 2.13. The van der Waals surface area contributed by atoms with E-state index in [9.17, 15) is 8.42 Å². The molecule has 20 heavy (non-hydrogen) atoms. The first-order valence-electron chi connectivity index (χ1n) is 5.99. The van der Waals surface area contributed by atoms with E-state index in [1.165, 1.54) is 12.1 Å². The molecule has 0 spiro atoms. The Balaban J connectivity index is 2.09. The minimum Gasteiger partial charge on any atom is -0.497 e. The Bertz CT molecular complexity index is 682. The van der Waals surface area contributed by atoms with Gasteiger partial charge in [0.1, 0.15) is 5.75 Å². The van der Waals surface area contributed by atoms with Crippen molar-refractivity contribution in [2.45, 2.75) is 11.4 Å². The van der Waals surface area contributed by atoms with Crippen LogP contribution in [0.2, 0.25) is 0 Å². The Morgan fingerprint density at radius 1 is 1.15 bits per heavy atom. The zero-order valence-electron chi connectivity index (χ0n) is 11.0. The molecule has 5 nitrogen and oxygen atoms in total. The van der Waals surface area contributed by atoms with Gasteiger partial charge in [0.05, 0.1) is 12.0 Å². The molecule has 0 saturated carbocycles. The zero-order valence-corrected chi connectivity index (χ0v) is 11.9. The molecule has 6 heteroatoms. The van der Waals surface area contributed by atoms with E-state index < -0.39 is 10.0 Å². The van der Waals surface area contributed by atoms with Gasteiger partial charge in [-0.1, -0.05) is 18.2 Å². The topological polar surface area (TPSA) is 81.4 Å². The highest BCUT2D eigenvalue weighted by Crippen LogP contribution is 2.14. The number of benzene rings is 2. The van der Waals surface area contributed by atoms with Crippen molar-refractivity contribution in [1.82, 2.24) is 4.72 Å². The first-order valence-corrected chi connectivity index (χ1v) is 7.48. The molecule has 2 aromatic rings. The van der Waals surface area contributed by atoms with Crippen molar-refractivity contribution in [3.63, 3.8) is 0 Å². The summed E-state index contributed by atoms with van der Waals surface area (Å²) in [5.74, 6) is 0.729. The van der Waals surface area contributed by atoms with Crippen molar-refractivity contribution in [3.8, 4) is 5.75 Å². The van der Waals surface area contributed by atoms with Crippen LogP contribution in [-0.4, -0.2) is 15.5 Å². The molecule has 3 N–H and O–H groups in total. The molecular weight excluding hydrogens is 276 g/mol. The molecule has 106 valence electrons. The van der Waals surface area contributed by atoms with Gasteiger partial charge in [-0.15, -0.1) is 0 Å². The molecule has 2 rings (SSSR count). The fourth-order valence-electron chi connectivity index (χ4n) is 1.69. The highest BCUT2D eigenvalue weighted by atomic mass is 32.2. The summed E-state index contributed by atoms with van der Waals surface area (Å²) in [5.41, 5.74) is 6.85. The molecule has 0 unspecified atom stereocenters. The van der Waals surface area contributed by atoms with E-state index in [1.54, 1.807) is 43.5 Å². The molecule has 0 aliphatic heterocycles.